The highest BCUT2D eigenvalue weighted by Gasteiger charge is 2.31. The molecule has 2 atom stereocenters. The monoisotopic (exact) mass is 261 g/mol. The molecular formula is C16H23NO2. The number of benzene rings is 1. The van der Waals surface area contributed by atoms with Gasteiger partial charge in [0.15, 0.2) is 0 Å². The summed E-state index contributed by atoms with van der Waals surface area (Å²) in [6.07, 6.45) is 4.86. The molecule has 0 radical (unpaired) electrons. The van der Waals surface area contributed by atoms with E-state index in [4.69, 9.17) is 4.74 Å². The standard InChI is InChI=1S/C16H23NO2/c1-19-11-12-3-2-8-17(10-12)16-7-4-13-9-14(18)5-6-15(13)16/h5-6,9,12,16,18H,2-4,7-8,10-11H2,1H3. The van der Waals surface area contributed by atoms with E-state index in [0.717, 1.165) is 19.6 Å². The van der Waals surface area contributed by atoms with Crippen LogP contribution in [-0.2, 0) is 11.2 Å². The van der Waals surface area contributed by atoms with E-state index in [1.54, 1.807) is 7.11 Å². The van der Waals surface area contributed by atoms with Crippen LogP contribution in [-0.4, -0.2) is 36.8 Å². The molecule has 0 spiro atoms. The van der Waals surface area contributed by atoms with Crippen molar-refractivity contribution in [1.29, 1.82) is 0 Å². The van der Waals surface area contributed by atoms with Crippen molar-refractivity contribution in [2.75, 3.05) is 26.8 Å². The Morgan fingerprint density at radius 3 is 3.11 bits per heavy atom. The van der Waals surface area contributed by atoms with E-state index >= 15 is 0 Å². The van der Waals surface area contributed by atoms with Crippen LogP contribution in [0.1, 0.15) is 36.4 Å². The number of phenols is 1. The van der Waals surface area contributed by atoms with E-state index in [-0.39, 0.29) is 0 Å². The third-order valence-corrected chi connectivity index (χ3v) is 4.57. The first-order valence-electron chi connectivity index (χ1n) is 7.32. The average molecular weight is 261 g/mol. The predicted molar refractivity (Wildman–Crippen MR) is 75.3 cm³/mol. The van der Waals surface area contributed by atoms with Gasteiger partial charge in [-0.2, -0.15) is 0 Å². The summed E-state index contributed by atoms with van der Waals surface area (Å²) in [5.41, 5.74) is 2.76. The van der Waals surface area contributed by atoms with Crippen molar-refractivity contribution in [2.24, 2.45) is 5.92 Å². The number of methoxy groups -OCH3 is 1. The Bertz CT molecular complexity index is 444. The van der Waals surface area contributed by atoms with Gasteiger partial charge in [-0.3, -0.25) is 4.90 Å². The van der Waals surface area contributed by atoms with Gasteiger partial charge in [-0.25, -0.2) is 0 Å². The Kier molecular flexibility index (Phi) is 3.76. The minimum absolute atomic E-state index is 0.398. The summed E-state index contributed by atoms with van der Waals surface area (Å²) in [5, 5.41) is 9.57. The SMILES string of the molecule is COCC1CCCN(C2CCc3cc(O)ccc32)C1. The molecule has 1 saturated heterocycles. The maximum Gasteiger partial charge on any atom is 0.115 e. The van der Waals surface area contributed by atoms with E-state index in [9.17, 15) is 5.11 Å². The number of fused-ring (bicyclic) bond motifs is 1. The summed E-state index contributed by atoms with van der Waals surface area (Å²) in [7, 11) is 1.80. The highest BCUT2D eigenvalue weighted by Crippen LogP contribution is 2.39. The van der Waals surface area contributed by atoms with Gasteiger partial charge >= 0.3 is 0 Å². The lowest BCUT2D eigenvalue weighted by atomic mass is 9.96. The lowest BCUT2D eigenvalue weighted by Gasteiger charge is -2.37. The van der Waals surface area contributed by atoms with Crippen molar-refractivity contribution in [3.8, 4) is 5.75 Å². The molecule has 1 heterocycles. The zero-order chi connectivity index (χ0) is 13.2. The van der Waals surface area contributed by atoms with Crippen LogP contribution < -0.4 is 0 Å². The summed E-state index contributed by atoms with van der Waals surface area (Å²) >= 11 is 0. The van der Waals surface area contributed by atoms with Gasteiger partial charge in [-0.15, -0.1) is 0 Å². The van der Waals surface area contributed by atoms with Crippen molar-refractivity contribution >= 4 is 0 Å². The van der Waals surface area contributed by atoms with Crippen LogP contribution in [0.3, 0.4) is 0 Å². The van der Waals surface area contributed by atoms with Crippen molar-refractivity contribution in [3.05, 3.63) is 29.3 Å². The molecule has 0 aromatic heterocycles. The normalized spacial score (nSPS) is 27.4. The topological polar surface area (TPSA) is 32.7 Å². The predicted octanol–water partition coefficient (Wildman–Crippen LogP) is 2.74. The zero-order valence-electron chi connectivity index (χ0n) is 11.6. The van der Waals surface area contributed by atoms with E-state index in [1.807, 2.05) is 12.1 Å². The number of piperidine rings is 1. The summed E-state index contributed by atoms with van der Waals surface area (Å²) in [4.78, 5) is 2.62. The second-order valence-corrected chi connectivity index (χ2v) is 5.90. The Labute approximate surface area is 115 Å². The quantitative estimate of drug-likeness (QED) is 0.908. The van der Waals surface area contributed by atoms with Gasteiger partial charge in [0, 0.05) is 19.7 Å². The number of phenolic OH excluding ortho intramolecular Hbond substituents is 1. The Hall–Kier alpha value is -1.06. The number of hydrogen-bond donors (Lipinski definition) is 1. The number of likely N-dealkylation sites (tertiary alicyclic amines) is 1. The van der Waals surface area contributed by atoms with Crippen LogP contribution in [0.2, 0.25) is 0 Å². The summed E-state index contributed by atoms with van der Waals surface area (Å²) < 4.78 is 5.32. The molecule has 0 saturated carbocycles. The minimum atomic E-state index is 0.398. The molecule has 104 valence electrons. The molecule has 1 aromatic carbocycles. The molecule has 3 rings (SSSR count). The Morgan fingerprint density at radius 1 is 1.37 bits per heavy atom. The molecule has 1 aliphatic heterocycles. The van der Waals surface area contributed by atoms with Crippen LogP contribution in [0.15, 0.2) is 18.2 Å². The molecule has 1 aliphatic carbocycles. The molecule has 3 heteroatoms. The molecule has 2 aliphatic rings. The zero-order valence-corrected chi connectivity index (χ0v) is 11.6. The molecule has 1 fully saturated rings. The number of rotatable bonds is 3. The van der Waals surface area contributed by atoms with Gasteiger partial charge in [-0.1, -0.05) is 6.07 Å². The maximum absolute atomic E-state index is 9.57. The van der Waals surface area contributed by atoms with E-state index < -0.39 is 0 Å². The summed E-state index contributed by atoms with van der Waals surface area (Å²) in [5.74, 6) is 1.08. The first kappa shape index (κ1) is 12.9. The van der Waals surface area contributed by atoms with E-state index in [1.165, 1.54) is 36.9 Å². The fraction of sp³-hybridized carbons (Fsp3) is 0.625. The lowest BCUT2D eigenvalue weighted by molar-refractivity contribution is 0.0680. The van der Waals surface area contributed by atoms with Crippen molar-refractivity contribution in [2.45, 2.75) is 31.7 Å². The van der Waals surface area contributed by atoms with Crippen molar-refractivity contribution in [1.82, 2.24) is 4.90 Å². The fourth-order valence-electron chi connectivity index (χ4n) is 3.71. The largest absolute Gasteiger partial charge is 0.508 e. The van der Waals surface area contributed by atoms with Gasteiger partial charge in [0.05, 0.1) is 6.61 Å². The second kappa shape index (κ2) is 5.51. The fourth-order valence-corrected chi connectivity index (χ4v) is 3.71. The average Bonchev–Trinajstić information content (AvgIpc) is 2.82. The van der Waals surface area contributed by atoms with E-state index in [0.29, 0.717) is 17.7 Å². The summed E-state index contributed by atoms with van der Waals surface area (Å²) in [6.45, 7) is 3.23. The Morgan fingerprint density at radius 2 is 2.26 bits per heavy atom. The van der Waals surface area contributed by atoms with Gasteiger partial charge in [0.25, 0.3) is 0 Å². The molecule has 0 bridgehead atoms. The highest BCUT2D eigenvalue weighted by atomic mass is 16.5. The van der Waals surface area contributed by atoms with Crippen molar-refractivity contribution < 1.29 is 9.84 Å². The highest BCUT2D eigenvalue weighted by molar-refractivity contribution is 5.40. The minimum Gasteiger partial charge on any atom is -0.508 e. The van der Waals surface area contributed by atoms with Gasteiger partial charge < -0.3 is 9.84 Å². The van der Waals surface area contributed by atoms with Crippen LogP contribution in [0.5, 0.6) is 5.75 Å². The van der Waals surface area contributed by atoms with E-state index in [2.05, 4.69) is 11.0 Å². The van der Waals surface area contributed by atoms with Gasteiger partial charge in [-0.05, 0) is 61.4 Å². The number of aromatic hydroxyl groups is 1. The Balaban J connectivity index is 1.74. The van der Waals surface area contributed by atoms with Crippen LogP contribution in [0.4, 0.5) is 0 Å². The number of hydrogen-bond acceptors (Lipinski definition) is 3. The third-order valence-electron chi connectivity index (χ3n) is 4.57. The maximum atomic E-state index is 9.57. The molecule has 3 nitrogen and oxygen atoms in total. The van der Waals surface area contributed by atoms with Crippen molar-refractivity contribution in [3.63, 3.8) is 0 Å². The third kappa shape index (κ3) is 2.63. The molecular weight excluding hydrogens is 238 g/mol. The van der Waals surface area contributed by atoms with Crippen LogP contribution in [0, 0.1) is 5.92 Å². The first-order valence-corrected chi connectivity index (χ1v) is 7.32. The van der Waals surface area contributed by atoms with Crippen LogP contribution in [0.25, 0.3) is 0 Å². The van der Waals surface area contributed by atoms with Gasteiger partial charge in [0.1, 0.15) is 5.75 Å². The number of ether oxygens (including phenoxy) is 1. The summed E-state index contributed by atoms with van der Waals surface area (Å²) in [6, 6.07) is 6.43. The number of nitrogens with zero attached hydrogens (tertiary/aromatic N) is 1. The lowest BCUT2D eigenvalue weighted by Crippen LogP contribution is -2.38. The van der Waals surface area contributed by atoms with Crippen LogP contribution >= 0.6 is 0 Å². The number of aryl methyl sites for hydroxylation is 1. The molecule has 1 N–H and O–H groups in total. The molecule has 2 unspecified atom stereocenters. The van der Waals surface area contributed by atoms with Gasteiger partial charge in [0.2, 0.25) is 0 Å². The first-order chi connectivity index (χ1) is 9.28. The molecule has 19 heavy (non-hydrogen) atoms. The smallest absolute Gasteiger partial charge is 0.115 e. The molecule has 1 aromatic rings. The second-order valence-electron chi connectivity index (χ2n) is 5.90. The molecule has 0 amide bonds.